The number of aliphatic hydroxyl groups excluding tert-OH is 1. The lowest BCUT2D eigenvalue weighted by Gasteiger charge is -2.41. The van der Waals surface area contributed by atoms with Crippen LogP contribution in [0.4, 0.5) is 0 Å². The lowest BCUT2D eigenvalue weighted by molar-refractivity contribution is 0.120. The van der Waals surface area contributed by atoms with E-state index in [4.69, 9.17) is 16.6 Å². The van der Waals surface area contributed by atoms with Gasteiger partial charge in [-0.05, 0) is 63.1 Å². The zero-order valence-corrected chi connectivity index (χ0v) is 15.9. The van der Waals surface area contributed by atoms with Gasteiger partial charge in [0.2, 0.25) is 0 Å². The number of aliphatic hydroxyl groups is 1. The fraction of sp³-hybridized carbons (Fsp3) is 0.650. The molecule has 0 bridgehead atoms. The molecule has 0 saturated heterocycles. The summed E-state index contributed by atoms with van der Waals surface area (Å²) in [6.07, 6.45) is 7.29. The van der Waals surface area contributed by atoms with Crippen LogP contribution in [0.3, 0.4) is 0 Å². The van der Waals surface area contributed by atoms with Gasteiger partial charge >= 0.3 is 0 Å². The van der Waals surface area contributed by atoms with E-state index in [2.05, 4.69) is 29.7 Å². The smallest absolute Gasteiger partial charge is 0.191 e. The average Bonchev–Trinajstić information content (AvgIpc) is 2.57. The number of guanidine groups is 1. The summed E-state index contributed by atoms with van der Waals surface area (Å²) in [5, 5.41) is 17.4. The highest BCUT2D eigenvalue weighted by atomic mass is 35.5. The van der Waals surface area contributed by atoms with Crippen LogP contribution in [0.1, 0.15) is 57.4 Å². The van der Waals surface area contributed by atoms with Gasteiger partial charge in [0, 0.05) is 23.0 Å². The van der Waals surface area contributed by atoms with Crippen LogP contribution in [0, 0.1) is 0 Å². The number of nitrogens with zero attached hydrogens (tertiary/aromatic N) is 1. The second kappa shape index (κ2) is 8.41. The van der Waals surface area contributed by atoms with Crippen LogP contribution < -0.4 is 10.6 Å². The minimum absolute atomic E-state index is 0.124. The Morgan fingerprint density at radius 2 is 1.88 bits per heavy atom. The van der Waals surface area contributed by atoms with Gasteiger partial charge in [0.15, 0.2) is 5.96 Å². The van der Waals surface area contributed by atoms with Gasteiger partial charge in [-0.2, -0.15) is 0 Å². The number of halogens is 1. The van der Waals surface area contributed by atoms with Gasteiger partial charge in [0.1, 0.15) is 0 Å². The monoisotopic (exact) mass is 363 g/mol. The van der Waals surface area contributed by atoms with Crippen LogP contribution in [0.2, 0.25) is 5.02 Å². The van der Waals surface area contributed by atoms with Crippen molar-refractivity contribution in [3.8, 4) is 0 Å². The molecule has 2 fully saturated rings. The molecule has 3 N–H and O–H groups in total. The fourth-order valence-corrected chi connectivity index (χ4v) is 4.03. The summed E-state index contributed by atoms with van der Waals surface area (Å²) in [4.78, 5) is 4.92. The third-order valence-corrected chi connectivity index (χ3v) is 5.94. The van der Waals surface area contributed by atoms with Crippen molar-refractivity contribution in [2.24, 2.45) is 4.99 Å². The first kappa shape index (κ1) is 18.5. The third-order valence-electron chi connectivity index (χ3n) is 5.69. The maximum atomic E-state index is 9.68. The number of benzene rings is 1. The Kier molecular flexibility index (Phi) is 6.24. The zero-order chi connectivity index (χ0) is 17.7. The molecule has 2 aliphatic rings. The molecule has 2 saturated carbocycles. The Bertz CT molecular complexity index is 575. The number of hydrogen-bond acceptors (Lipinski definition) is 2. The normalized spacial score (nSPS) is 26.0. The molecular weight excluding hydrogens is 334 g/mol. The van der Waals surface area contributed by atoms with E-state index >= 15 is 0 Å². The predicted octanol–water partition coefficient (Wildman–Crippen LogP) is 3.62. The van der Waals surface area contributed by atoms with Crippen LogP contribution in [0.15, 0.2) is 29.3 Å². The highest BCUT2D eigenvalue weighted by Gasteiger charge is 2.38. The summed E-state index contributed by atoms with van der Waals surface area (Å²) < 4.78 is 0. The maximum Gasteiger partial charge on any atom is 0.191 e. The van der Waals surface area contributed by atoms with Crippen LogP contribution >= 0.6 is 11.6 Å². The SMILES string of the molecule is CCNC(=NCC1(c2ccc(Cl)cc2)CCC1)NC1CCC(O)CC1. The van der Waals surface area contributed by atoms with Crippen molar-refractivity contribution in [2.75, 3.05) is 13.1 Å². The molecule has 0 heterocycles. The van der Waals surface area contributed by atoms with Crippen molar-refractivity contribution in [1.82, 2.24) is 10.6 Å². The van der Waals surface area contributed by atoms with E-state index in [-0.39, 0.29) is 11.5 Å². The minimum atomic E-state index is -0.124. The molecule has 0 unspecified atom stereocenters. The summed E-state index contributed by atoms with van der Waals surface area (Å²) in [5.41, 5.74) is 1.51. The Hall–Kier alpha value is -1.26. The molecule has 1 aromatic carbocycles. The van der Waals surface area contributed by atoms with Gasteiger partial charge in [-0.3, -0.25) is 4.99 Å². The number of rotatable bonds is 5. The van der Waals surface area contributed by atoms with Crippen molar-refractivity contribution in [2.45, 2.75) is 69.4 Å². The molecule has 0 atom stereocenters. The zero-order valence-electron chi connectivity index (χ0n) is 15.1. The van der Waals surface area contributed by atoms with Crippen LogP contribution in [0.25, 0.3) is 0 Å². The number of aliphatic imine (C=N–C) groups is 1. The molecule has 5 heteroatoms. The highest BCUT2D eigenvalue weighted by molar-refractivity contribution is 6.30. The van der Waals surface area contributed by atoms with E-state index in [1.54, 1.807) is 0 Å². The van der Waals surface area contributed by atoms with Gasteiger partial charge in [-0.15, -0.1) is 0 Å². The Balaban J connectivity index is 1.66. The highest BCUT2D eigenvalue weighted by Crippen LogP contribution is 2.44. The molecule has 3 rings (SSSR count). The van der Waals surface area contributed by atoms with Crippen molar-refractivity contribution in [3.05, 3.63) is 34.9 Å². The molecule has 1 aromatic rings. The van der Waals surface area contributed by atoms with E-state index in [0.29, 0.717) is 6.04 Å². The molecule has 0 amide bonds. The van der Waals surface area contributed by atoms with Crippen molar-refractivity contribution in [3.63, 3.8) is 0 Å². The van der Waals surface area contributed by atoms with E-state index in [1.165, 1.54) is 24.8 Å². The summed E-state index contributed by atoms with van der Waals surface area (Å²) in [5.74, 6) is 0.907. The Morgan fingerprint density at radius 3 is 2.44 bits per heavy atom. The van der Waals surface area contributed by atoms with Crippen LogP contribution in [-0.2, 0) is 5.41 Å². The molecular formula is C20H30ClN3O. The topological polar surface area (TPSA) is 56.7 Å². The first-order valence-electron chi connectivity index (χ1n) is 9.60. The van der Waals surface area contributed by atoms with Gasteiger partial charge in [-0.1, -0.05) is 30.2 Å². The van der Waals surface area contributed by atoms with E-state index in [1.807, 2.05) is 12.1 Å². The van der Waals surface area contributed by atoms with Gasteiger partial charge in [0.25, 0.3) is 0 Å². The largest absolute Gasteiger partial charge is 0.393 e. The van der Waals surface area contributed by atoms with Gasteiger partial charge < -0.3 is 15.7 Å². The molecule has 138 valence electrons. The number of hydrogen-bond donors (Lipinski definition) is 3. The molecule has 0 aromatic heterocycles. The molecule has 25 heavy (non-hydrogen) atoms. The van der Waals surface area contributed by atoms with Crippen LogP contribution in [0.5, 0.6) is 0 Å². The van der Waals surface area contributed by atoms with Crippen molar-refractivity contribution in [1.29, 1.82) is 0 Å². The molecule has 4 nitrogen and oxygen atoms in total. The first-order valence-corrected chi connectivity index (χ1v) is 9.98. The standard InChI is InChI=1S/C20H30ClN3O/c1-2-22-19(24-17-8-10-18(25)11-9-17)23-14-20(12-3-13-20)15-4-6-16(21)7-5-15/h4-7,17-18,25H,2-3,8-14H2,1H3,(H2,22,23,24). The van der Waals surface area contributed by atoms with Crippen LogP contribution in [-0.4, -0.2) is 36.3 Å². The number of nitrogens with one attached hydrogen (secondary N) is 2. The van der Waals surface area contributed by atoms with E-state index in [0.717, 1.165) is 49.8 Å². The molecule has 0 spiro atoms. The average molecular weight is 364 g/mol. The lowest BCUT2D eigenvalue weighted by atomic mass is 9.64. The summed E-state index contributed by atoms with van der Waals surface area (Å²) in [6.45, 7) is 3.76. The summed E-state index contributed by atoms with van der Waals surface area (Å²) in [6, 6.07) is 8.68. The maximum absolute atomic E-state index is 9.68. The Morgan fingerprint density at radius 1 is 1.20 bits per heavy atom. The molecule has 2 aliphatic carbocycles. The van der Waals surface area contributed by atoms with E-state index in [9.17, 15) is 5.11 Å². The first-order chi connectivity index (χ1) is 12.1. The quantitative estimate of drug-likeness (QED) is 0.553. The third kappa shape index (κ3) is 4.68. The molecule has 0 aliphatic heterocycles. The fourth-order valence-electron chi connectivity index (χ4n) is 3.91. The van der Waals surface area contributed by atoms with Gasteiger partial charge in [0.05, 0.1) is 12.6 Å². The summed E-state index contributed by atoms with van der Waals surface area (Å²) >= 11 is 6.05. The second-order valence-corrected chi connectivity index (χ2v) is 7.92. The lowest BCUT2D eigenvalue weighted by Crippen LogP contribution is -2.46. The second-order valence-electron chi connectivity index (χ2n) is 7.49. The van der Waals surface area contributed by atoms with Crippen molar-refractivity contribution < 1.29 is 5.11 Å². The van der Waals surface area contributed by atoms with Gasteiger partial charge in [-0.25, -0.2) is 0 Å². The van der Waals surface area contributed by atoms with E-state index < -0.39 is 0 Å². The molecule has 0 radical (unpaired) electrons. The minimum Gasteiger partial charge on any atom is -0.393 e. The predicted molar refractivity (Wildman–Crippen MR) is 104 cm³/mol. The van der Waals surface area contributed by atoms with Crippen molar-refractivity contribution >= 4 is 17.6 Å². The Labute approximate surface area is 156 Å². The summed E-state index contributed by atoms with van der Waals surface area (Å²) in [7, 11) is 0.